The van der Waals surface area contributed by atoms with E-state index in [9.17, 15) is 0 Å². The van der Waals surface area contributed by atoms with Gasteiger partial charge in [-0.1, -0.05) is 103 Å². The van der Waals surface area contributed by atoms with Crippen LogP contribution in [0.5, 0.6) is 0 Å². The Balaban J connectivity index is 0.000000197. The number of benzene rings is 5. The van der Waals surface area contributed by atoms with Crippen LogP contribution in [0.1, 0.15) is 41.7 Å². The Morgan fingerprint density at radius 3 is 2.07 bits per heavy atom. The fourth-order valence-corrected chi connectivity index (χ4v) is 6.20. The number of rotatable bonds is 3. The van der Waals surface area contributed by atoms with Gasteiger partial charge in [-0.25, -0.2) is 0 Å². The zero-order valence-electron chi connectivity index (χ0n) is 26.7. The second kappa shape index (κ2) is 12.6. The van der Waals surface area contributed by atoms with Crippen molar-refractivity contribution in [1.29, 1.82) is 0 Å². The van der Waals surface area contributed by atoms with E-state index in [1.807, 2.05) is 18.3 Å². The fraction of sp³-hybridized carbons (Fsp3) is 0.143. The number of para-hydroxylation sites is 3. The molecule has 2 aliphatic rings. The zero-order valence-corrected chi connectivity index (χ0v) is 29.1. The summed E-state index contributed by atoms with van der Waals surface area (Å²) in [6.07, 6.45) is 1.92. The Labute approximate surface area is 285 Å². The quantitative estimate of drug-likeness (QED) is 0.129. The first kappa shape index (κ1) is 31.3. The molecule has 8 rings (SSSR count). The van der Waals surface area contributed by atoms with Crippen molar-refractivity contribution in [1.82, 2.24) is 14.1 Å². The predicted octanol–water partition coefficient (Wildman–Crippen LogP) is 10.1. The summed E-state index contributed by atoms with van der Waals surface area (Å²) in [6.45, 7) is 10.9. The molecule has 46 heavy (non-hydrogen) atoms. The van der Waals surface area contributed by atoms with Crippen LogP contribution < -0.4 is 9.15 Å². The minimum atomic E-state index is -0.0336. The Morgan fingerprint density at radius 2 is 1.35 bits per heavy atom. The van der Waals surface area contributed by atoms with Crippen molar-refractivity contribution in [3.05, 3.63) is 161 Å². The van der Waals surface area contributed by atoms with Crippen LogP contribution in [-0.2, 0) is 25.5 Å². The molecule has 0 bridgehead atoms. The van der Waals surface area contributed by atoms with Crippen LogP contribution in [0.3, 0.4) is 0 Å². The molecule has 0 fully saturated rings. The van der Waals surface area contributed by atoms with Gasteiger partial charge in [0, 0.05) is 50.6 Å². The van der Waals surface area contributed by atoms with Crippen LogP contribution in [0.4, 0.5) is 22.7 Å². The summed E-state index contributed by atoms with van der Waals surface area (Å²) in [4.78, 5) is 4.41. The minimum Gasteiger partial charge on any atom is -0.304 e. The Kier molecular flexibility index (Phi) is 8.55. The summed E-state index contributed by atoms with van der Waals surface area (Å²) in [6, 6.07) is 50.6. The summed E-state index contributed by atoms with van der Waals surface area (Å²) in [5.74, 6) is 0. The second-order valence-corrected chi connectivity index (χ2v) is 12.3. The summed E-state index contributed by atoms with van der Waals surface area (Å²) in [5, 5.41) is 0. The largest absolute Gasteiger partial charge is 0.501 e. The molecule has 5 aromatic carbocycles. The van der Waals surface area contributed by atoms with E-state index >= 15 is 0 Å². The molecule has 2 heterocycles. The molecular formula is C42H35IrN3. The molecule has 4 heteroatoms. The van der Waals surface area contributed by atoms with Crippen molar-refractivity contribution in [2.75, 3.05) is 0 Å². The van der Waals surface area contributed by atoms with Crippen LogP contribution in [-0.4, -0.2) is 11.0 Å². The van der Waals surface area contributed by atoms with E-state index in [-0.39, 0.29) is 25.5 Å². The molecule has 0 saturated carbocycles. The average molecular weight is 774 g/mol. The molecule has 0 spiro atoms. The molecule has 0 saturated heterocycles. The number of aryl methyl sites for hydroxylation is 3. The van der Waals surface area contributed by atoms with Gasteiger partial charge >= 0.3 is 6.01 Å². The van der Waals surface area contributed by atoms with Gasteiger partial charge in [0.2, 0.25) is 5.69 Å². The van der Waals surface area contributed by atoms with Crippen molar-refractivity contribution < 1.29 is 20.1 Å². The van der Waals surface area contributed by atoms with Crippen LogP contribution in [0.15, 0.2) is 121 Å². The first-order valence-corrected chi connectivity index (χ1v) is 15.4. The molecular weight excluding hydrogens is 739 g/mol. The van der Waals surface area contributed by atoms with E-state index in [2.05, 4.69) is 170 Å². The molecule has 0 amide bonds. The third-order valence-electron chi connectivity index (χ3n) is 8.94. The van der Waals surface area contributed by atoms with Crippen molar-refractivity contribution in [2.24, 2.45) is 0 Å². The molecule has 0 unspecified atom stereocenters. The van der Waals surface area contributed by atoms with E-state index in [1.165, 1.54) is 38.9 Å². The first-order valence-electron chi connectivity index (χ1n) is 15.4. The van der Waals surface area contributed by atoms with Gasteiger partial charge in [-0.2, -0.15) is 6.07 Å². The van der Waals surface area contributed by atoms with Crippen LogP contribution in [0, 0.1) is 32.9 Å². The number of pyridine rings is 1. The number of hydrogen-bond donors (Lipinski definition) is 0. The molecule has 1 aromatic heterocycles. The molecule has 6 aromatic rings. The van der Waals surface area contributed by atoms with E-state index in [4.69, 9.17) is 0 Å². The van der Waals surface area contributed by atoms with Crippen LogP contribution in [0.2, 0.25) is 0 Å². The van der Waals surface area contributed by atoms with E-state index in [0.717, 1.165) is 34.0 Å². The van der Waals surface area contributed by atoms with Gasteiger partial charge in [-0.05, 0) is 40.7 Å². The number of fused-ring (bicyclic) bond motifs is 4. The molecule has 3 nitrogen and oxygen atoms in total. The molecule has 0 N–H and O–H groups in total. The second-order valence-electron chi connectivity index (χ2n) is 12.3. The van der Waals surface area contributed by atoms with Crippen molar-refractivity contribution in [3.8, 4) is 22.4 Å². The predicted molar refractivity (Wildman–Crippen MR) is 186 cm³/mol. The molecule has 1 radical (unpaired) electrons. The first-order chi connectivity index (χ1) is 21.8. The molecule has 227 valence electrons. The van der Waals surface area contributed by atoms with Gasteiger partial charge in [0.05, 0.1) is 0 Å². The van der Waals surface area contributed by atoms with E-state index in [0.29, 0.717) is 0 Å². The maximum absolute atomic E-state index is 4.41. The van der Waals surface area contributed by atoms with Gasteiger partial charge in [0.1, 0.15) is 5.69 Å². The Morgan fingerprint density at radius 1 is 0.652 bits per heavy atom. The topological polar surface area (TPSA) is 18.9 Å². The summed E-state index contributed by atoms with van der Waals surface area (Å²) >= 11 is 0. The molecule has 1 aliphatic heterocycles. The van der Waals surface area contributed by atoms with Crippen molar-refractivity contribution in [2.45, 2.75) is 40.0 Å². The van der Waals surface area contributed by atoms with Crippen LogP contribution in [0.25, 0.3) is 22.4 Å². The third kappa shape index (κ3) is 5.61. The minimum absolute atomic E-state index is 0. The Bertz CT molecular complexity index is 2140. The average Bonchev–Trinajstić information content (AvgIpc) is 3.56. The van der Waals surface area contributed by atoms with E-state index in [1.54, 1.807) is 0 Å². The number of aromatic nitrogens is 1. The number of nitrogens with zero attached hydrogens (tertiary/aromatic N) is 3. The SMILES string of the molecule is CC1(C)c2ccccc2-c2c[c-]c([N+]3=C=[N+](c4ccccc4)c4ccccc43)cc21.Cc1c[c-]c(-c2cc(C)c(C)cn2)cc1.[Ir]. The molecule has 0 atom stereocenters. The maximum atomic E-state index is 4.41. The standard InChI is InChI=1S/C28H21N2.C14H14N.Ir/c1-28(2)24-13-7-6-12-22(24)23-17-16-21(18-25(23)28)30-19-29(20-10-4-3-5-11-20)26-14-8-9-15-27(26)30;1-10-4-6-13(7-5-10)14-8-11(2)12(3)9-15-14;/h3-15,17-18H,1-2H3;4-6,8-9H,1-3H3;/q+1;-1;. The van der Waals surface area contributed by atoms with Gasteiger partial charge in [0.15, 0.2) is 0 Å². The molecule has 1 aliphatic carbocycles. The number of hydrogen-bond acceptors (Lipinski definition) is 1. The zero-order chi connectivity index (χ0) is 31.1. The van der Waals surface area contributed by atoms with Crippen molar-refractivity contribution in [3.63, 3.8) is 0 Å². The summed E-state index contributed by atoms with van der Waals surface area (Å²) < 4.78 is 4.25. The van der Waals surface area contributed by atoms with Gasteiger partial charge in [0.25, 0.3) is 11.4 Å². The van der Waals surface area contributed by atoms with Gasteiger partial charge < -0.3 is 4.98 Å². The summed E-state index contributed by atoms with van der Waals surface area (Å²) in [7, 11) is 0. The maximum Gasteiger partial charge on any atom is 0.501 e. The smallest absolute Gasteiger partial charge is 0.304 e. The van der Waals surface area contributed by atoms with Crippen molar-refractivity contribution >= 4 is 28.8 Å². The van der Waals surface area contributed by atoms with Gasteiger partial charge in [-0.3, -0.25) is 0 Å². The fourth-order valence-electron chi connectivity index (χ4n) is 6.20. The monoisotopic (exact) mass is 774 g/mol. The Hall–Kier alpha value is -4.72. The van der Waals surface area contributed by atoms with Gasteiger partial charge in [-0.15, -0.1) is 52.6 Å². The normalized spacial score (nSPS) is 13.2. The summed E-state index contributed by atoms with van der Waals surface area (Å²) in [5.41, 5.74) is 15.4. The van der Waals surface area contributed by atoms with E-state index < -0.39 is 0 Å². The third-order valence-corrected chi connectivity index (χ3v) is 8.94. The van der Waals surface area contributed by atoms with Crippen LogP contribution >= 0.6 is 0 Å².